The number of methoxy groups -OCH3 is 1. The van der Waals surface area contributed by atoms with Gasteiger partial charge in [-0.2, -0.15) is 0 Å². The molecule has 1 aromatic rings. The summed E-state index contributed by atoms with van der Waals surface area (Å²) in [5, 5.41) is 9.67. The predicted octanol–water partition coefficient (Wildman–Crippen LogP) is 1.52. The summed E-state index contributed by atoms with van der Waals surface area (Å²) in [4.78, 5) is 0. The molecule has 0 heterocycles. The van der Waals surface area contributed by atoms with Gasteiger partial charge in [-0.05, 0) is 31.5 Å². The number of aliphatic hydroxyl groups is 1. The second-order valence-electron chi connectivity index (χ2n) is 3.46. The summed E-state index contributed by atoms with van der Waals surface area (Å²) < 4.78 is 18.6. The molecule has 0 spiro atoms. The maximum absolute atomic E-state index is 13.7. The van der Waals surface area contributed by atoms with Crippen molar-refractivity contribution in [2.75, 3.05) is 13.7 Å². The van der Waals surface area contributed by atoms with Crippen molar-refractivity contribution in [3.05, 3.63) is 29.1 Å². The first-order valence-corrected chi connectivity index (χ1v) is 4.82. The van der Waals surface area contributed by atoms with Gasteiger partial charge in [0.25, 0.3) is 0 Å². The molecule has 1 rings (SSSR count). The van der Waals surface area contributed by atoms with E-state index in [4.69, 9.17) is 10.5 Å². The van der Waals surface area contributed by atoms with Crippen molar-refractivity contribution in [2.24, 2.45) is 5.73 Å². The van der Waals surface area contributed by atoms with Gasteiger partial charge in [-0.3, -0.25) is 0 Å². The van der Waals surface area contributed by atoms with E-state index in [0.717, 1.165) is 5.56 Å². The molecule has 0 fully saturated rings. The Bertz CT molecular complexity index is 342. The Balaban J connectivity index is 3.11. The molecule has 1 unspecified atom stereocenters. The van der Waals surface area contributed by atoms with Crippen LogP contribution in [0.2, 0.25) is 0 Å². The molecule has 0 saturated heterocycles. The van der Waals surface area contributed by atoms with E-state index >= 15 is 0 Å². The lowest BCUT2D eigenvalue weighted by molar-refractivity contribution is 0.164. The zero-order valence-electron chi connectivity index (χ0n) is 8.96. The first-order valence-electron chi connectivity index (χ1n) is 4.82. The number of benzene rings is 1. The minimum Gasteiger partial charge on any atom is -0.494 e. The van der Waals surface area contributed by atoms with Crippen molar-refractivity contribution in [1.29, 1.82) is 0 Å². The van der Waals surface area contributed by atoms with Crippen LogP contribution in [0.3, 0.4) is 0 Å². The Morgan fingerprint density at radius 3 is 2.73 bits per heavy atom. The van der Waals surface area contributed by atoms with Crippen LogP contribution in [0.5, 0.6) is 5.75 Å². The average Bonchev–Trinajstić information content (AvgIpc) is 2.21. The summed E-state index contributed by atoms with van der Waals surface area (Å²) in [6.45, 7) is 2.14. The fraction of sp³-hybridized carbons (Fsp3) is 0.455. The molecule has 0 radical (unpaired) electrons. The minimum absolute atomic E-state index is 0.154. The van der Waals surface area contributed by atoms with Crippen molar-refractivity contribution in [2.45, 2.75) is 19.4 Å². The van der Waals surface area contributed by atoms with Crippen LogP contribution in [0, 0.1) is 12.7 Å². The highest BCUT2D eigenvalue weighted by atomic mass is 19.1. The molecule has 0 bridgehead atoms. The van der Waals surface area contributed by atoms with Gasteiger partial charge in [-0.1, -0.05) is 6.07 Å². The molecule has 84 valence electrons. The van der Waals surface area contributed by atoms with Crippen LogP contribution in [0.1, 0.15) is 23.7 Å². The van der Waals surface area contributed by atoms with Crippen LogP contribution in [0.4, 0.5) is 4.39 Å². The average molecular weight is 213 g/mol. The second-order valence-corrected chi connectivity index (χ2v) is 3.46. The van der Waals surface area contributed by atoms with Crippen LogP contribution < -0.4 is 10.5 Å². The first kappa shape index (κ1) is 11.9. The molecule has 1 aromatic carbocycles. The van der Waals surface area contributed by atoms with E-state index < -0.39 is 11.9 Å². The van der Waals surface area contributed by atoms with Gasteiger partial charge in [0.1, 0.15) is 0 Å². The third-order valence-corrected chi connectivity index (χ3v) is 2.23. The van der Waals surface area contributed by atoms with Gasteiger partial charge in [0, 0.05) is 5.56 Å². The monoisotopic (exact) mass is 213 g/mol. The van der Waals surface area contributed by atoms with E-state index in [1.807, 2.05) is 6.92 Å². The summed E-state index contributed by atoms with van der Waals surface area (Å²) in [5.74, 6) is -0.356. The summed E-state index contributed by atoms with van der Waals surface area (Å²) in [6.07, 6.45) is -0.535. The Morgan fingerprint density at radius 1 is 1.53 bits per heavy atom. The van der Waals surface area contributed by atoms with Gasteiger partial charge in [0.2, 0.25) is 0 Å². The van der Waals surface area contributed by atoms with Crippen LogP contribution in [0.15, 0.2) is 12.1 Å². The highest BCUT2D eigenvalue weighted by Crippen LogP contribution is 2.28. The summed E-state index contributed by atoms with van der Waals surface area (Å²) in [7, 11) is 1.40. The minimum atomic E-state index is -0.871. The quantitative estimate of drug-likeness (QED) is 0.797. The highest BCUT2D eigenvalue weighted by molar-refractivity contribution is 5.37. The van der Waals surface area contributed by atoms with Crippen molar-refractivity contribution >= 4 is 0 Å². The Kier molecular flexibility index (Phi) is 4.05. The lowest BCUT2D eigenvalue weighted by atomic mass is 10.0. The van der Waals surface area contributed by atoms with Crippen LogP contribution in [0.25, 0.3) is 0 Å². The summed E-state index contributed by atoms with van der Waals surface area (Å²) in [6, 6.07) is 3.20. The fourth-order valence-corrected chi connectivity index (χ4v) is 1.47. The molecule has 3 N–H and O–H groups in total. The van der Waals surface area contributed by atoms with E-state index in [1.165, 1.54) is 7.11 Å². The van der Waals surface area contributed by atoms with Crippen molar-refractivity contribution in [3.63, 3.8) is 0 Å². The number of hydrogen-bond acceptors (Lipinski definition) is 3. The molecule has 0 aliphatic carbocycles. The highest BCUT2D eigenvalue weighted by Gasteiger charge is 2.16. The molecule has 3 nitrogen and oxygen atoms in total. The van der Waals surface area contributed by atoms with Crippen molar-refractivity contribution < 1.29 is 14.2 Å². The first-order chi connectivity index (χ1) is 7.10. The van der Waals surface area contributed by atoms with E-state index in [-0.39, 0.29) is 11.3 Å². The Labute approximate surface area is 88.7 Å². The topological polar surface area (TPSA) is 55.5 Å². The standard InChI is InChI=1S/C11H16FNO2/c1-7-5-8(9(14)3-4-13)11(12)10(6-7)15-2/h5-6,9,14H,3-4,13H2,1-2H3. The lowest BCUT2D eigenvalue weighted by Crippen LogP contribution is -2.09. The van der Waals surface area contributed by atoms with E-state index in [1.54, 1.807) is 12.1 Å². The van der Waals surface area contributed by atoms with Gasteiger partial charge < -0.3 is 15.6 Å². The molecular formula is C11H16FNO2. The fourth-order valence-electron chi connectivity index (χ4n) is 1.47. The third kappa shape index (κ3) is 2.67. The SMILES string of the molecule is COc1cc(C)cc(C(O)CCN)c1F. The number of hydrogen-bond donors (Lipinski definition) is 2. The van der Waals surface area contributed by atoms with Crippen molar-refractivity contribution in [3.8, 4) is 5.75 Å². The summed E-state index contributed by atoms with van der Waals surface area (Å²) >= 11 is 0. The van der Waals surface area contributed by atoms with Gasteiger partial charge >= 0.3 is 0 Å². The Morgan fingerprint density at radius 2 is 2.20 bits per heavy atom. The van der Waals surface area contributed by atoms with Crippen LogP contribution in [-0.4, -0.2) is 18.8 Å². The van der Waals surface area contributed by atoms with E-state index in [2.05, 4.69) is 0 Å². The zero-order chi connectivity index (χ0) is 11.4. The lowest BCUT2D eigenvalue weighted by Gasteiger charge is -2.14. The van der Waals surface area contributed by atoms with Gasteiger partial charge in [-0.25, -0.2) is 4.39 Å². The normalized spacial score (nSPS) is 12.6. The van der Waals surface area contributed by atoms with Crippen LogP contribution in [-0.2, 0) is 0 Å². The zero-order valence-corrected chi connectivity index (χ0v) is 8.96. The second kappa shape index (κ2) is 5.09. The Hall–Kier alpha value is -1.13. The maximum atomic E-state index is 13.7. The number of rotatable bonds is 4. The third-order valence-electron chi connectivity index (χ3n) is 2.23. The van der Waals surface area contributed by atoms with Gasteiger partial charge in [0.05, 0.1) is 13.2 Å². The van der Waals surface area contributed by atoms with Crippen molar-refractivity contribution in [1.82, 2.24) is 0 Å². The molecule has 0 aliphatic heterocycles. The molecule has 0 amide bonds. The molecule has 0 aromatic heterocycles. The molecule has 15 heavy (non-hydrogen) atoms. The number of aryl methyl sites for hydroxylation is 1. The number of ether oxygens (including phenoxy) is 1. The maximum Gasteiger partial charge on any atom is 0.170 e. The molecule has 0 saturated carbocycles. The summed E-state index contributed by atoms with van der Waals surface area (Å²) in [5.41, 5.74) is 6.41. The van der Waals surface area contributed by atoms with E-state index in [0.29, 0.717) is 13.0 Å². The molecule has 0 aliphatic rings. The number of aliphatic hydroxyl groups excluding tert-OH is 1. The van der Waals surface area contributed by atoms with Crippen LogP contribution >= 0.6 is 0 Å². The molecule has 4 heteroatoms. The smallest absolute Gasteiger partial charge is 0.170 e. The molecular weight excluding hydrogens is 197 g/mol. The van der Waals surface area contributed by atoms with Gasteiger partial charge in [0.15, 0.2) is 11.6 Å². The predicted molar refractivity (Wildman–Crippen MR) is 56.3 cm³/mol. The molecule has 1 atom stereocenters. The van der Waals surface area contributed by atoms with E-state index in [9.17, 15) is 9.50 Å². The van der Waals surface area contributed by atoms with Gasteiger partial charge in [-0.15, -0.1) is 0 Å². The largest absolute Gasteiger partial charge is 0.494 e. The number of halogens is 1. The number of nitrogens with two attached hydrogens (primary N) is 1.